The van der Waals surface area contributed by atoms with Crippen LogP contribution in [0.3, 0.4) is 0 Å². The van der Waals surface area contributed by atoms with Crippen LogP contribution in [-0.2, 0) is 9.53 Å². The monoisotopic (exact) mass is 476 g/mol. The number of phenols is 1. The summed E-state index contributed by atoms with van der Waals surface area (Å²) in [6, 6.07) is 13.2. The van der Waals surface area contributed by atoms with Crippen molar-refractivity contribution in [2.24, 2.45) is 4.99 Å². The Bertz CT molecular complexity index is 1450. The van der Waals surface area contributed by atoms with Gasteiger partial charge in [-0.3, -0.25) is 9.36 Å². The first-order valence-corrected chi connectivity index (χ1v) is 11.6. The van der Waals surface area contributed by atoms with Gasteiger partial charge in [-0.25, -0.2) is 9.79 Å². The molecule has 8 heteroatoms. The van der Waals surface area contributed by atoms with Crippen LogP contribution in [0.25, 0.3) is 6.08 Å². The molecule has 4 rings (SSSR count). The summed E-state index contributed by atoms with van der Waals surface area (Å²) in [5, 5.41) is 9.78. The highest BCUT2D eigenvalue weighted by molar-refractivity contribution is 7.07. The number of rotatable bonds is 7. The molecule has 174 valence electrons. The van der Waals surface area contributed by atoms with Gasteiger partial charge in [0.15, 0.2) is 4.80 Å². The molecule has 2 aromatic carbocycles. The highest BCUT2D eigenvalue weighted by atomic mass is 32.1. The van der Waals surface area contributed by atoms with Gasteiger partial charge in [-0.15, -0.1) is 0 Å². The summed E-state index contributed by atoms with van der Waals surface area (Å²) < 4.78 is 12.9. The minimum atomic E-state index is -0.699. The maximum Gasteiger partial charge on any atom is 0.338 e. The Labute approximate surface area is 200 Å². The van der Waals surface area contributed by atoms with E-state index in [1.165, 1.54) is 15.9 Å². The highest BCUT2D eigenvalue weighted by Crippen LogP contribution is 2.31. The molecule has 3 aromatic rings. The smallest absolute Gasteiger partial charge is 0.338 e. The van der Waals surface area contributed by atoms with Gasteiger partial charge in [-0.2, -0.15) is 0 Å². The predicted molar refractivity (Wildman–Crippen MR) is 131 cm³/mol. The fourth-order valence-corrected chi connectivity index (χ4v) is 4.82. The summed E-state index contributed by atoms with van der Waals surface area (Å²) in [5.41, 5.74) is 1.96. The van der Waals surface area contributed by atoms with E-state index in [-0.39, 0.29) is 17.9 Å². The number of aromatic nitrogens is 1. The largest absolute Gasteiger partial charge is 0.508 e. The number of phenolic OH excluding ortho intramolecular Hbond substituents is 1. The number of carbonyl (C=O) groups is 1. The molecule has 1 N–H and O–H groups in total. The second-order valence-corrected chi connectivity index (χ2v) is 8.58. The SMILES string of the molecule is C=CCOc1ccc([C@H]2C(C(=O)OCC)=C(C)N=c3s/c(=C\c4cccc(O)c4)c(=O)n32)cc1. The van der Waals surface area contributed by atoms with Gasteiger partial charge in [0.25, 0.3) is 5.56 Å². The predicted octanol–water partition coefficient (Wildman–Crippen LogP) is 3.07. The van der Waals surface area contributed by atoms with Crippen LogP contribution in [0.15, 0.2) is 82.2 Å². The molecule has 1 aromatic heterocycles. The highest BCUT2D eigenvalue weighted by Gasteiger charge is 2.33. The van der Waals surface area contributed by atoms with Crippen LogP contribution < -0.4 is 19.6 Å². The summed E-state index contributed by atoms with van der Waals surface area (Å²) in [6.45, 7) is 7.70. The van der Waals surface area contributed by atoms with E-state index in [0.717, 1.165) is 5.56 Å². The van der Waals surface area contributed by atoms with E-state index in [1.54, 1.807) is 62.4 Å². The normalized spacial score (nSPS) is 15.5. The van der Waals surface area contributed by atoms with E-state index in [9.17, 15) is 14.7 Å². The second-order valence-electron chi connectivity index (χ2n) is 7.57. The molecule has 1 aliphatic heterocycles. The van der Waals surface area contributed by atoms with Gasteiger partial charge in [-0.1, -0.05) is 48.3 Å². The van der Waals surface area contributed by atoms with Crippen LogP contribution in [-0.4, -0.2) is 28.9 Å². The number of esters is 1. The molecule has 0 spiro atoms. The lowest BCUT2D eigenvalue weighted by atomic mass is 9.96. The van der Waals surface area contributed by atoms with Crippen LogP contribution in [0.5, 0.6) is 11.5 Å². The molecular weight excluding hydrogens is 452 g/mol. The van der Waals surface area contributed by atoms with Crippen molar-refractivity contribution in [3.63, 3.8) is 0 Å². The van der Waals surface area contributed by atoms with Gasteiger partial charge in [-0.05, 0) is 55.3 Å². The van der Waals surface area contributed by atoms with Gasteiger partial charge < -0.3 is 14.6 Å². The number of ether oxygens (including phenoxy) is 2. The standard InChI is InChI=1S/C26H24N2O5S/c1-4-13-33-20-11-9-18(10-12-20)23-22(25(31)32-5-2)16(3)27-26-28(23)24(30)21(34-26)15-17-7-6-8-19(29)14-17/h4,6-12,14-15,23,29H,1,5,13H2,2-3H3/b21-15-/t23-/m0/s1. The van der Waals surface area contributed by atoms with Crippen molar-refractivity contribution in [3.8, 4) is 11.5 Å². The van der Waals surface area contributed by atoms with Crippen LogP contribution in [0, 0.1) is 0 Å². The molecule has 0 saturated heterocycles. The lowest BCUT2D eigenvalue weighted by molar-refractivity contribution is -0.139. The molecule has 2 heterocycles. The molecule has 0 radical (unpaired) electrons. The van der Waals surface area contributed by atoms with Crippen molar-refractivity contribution in [1.82, 2.24) is 4.57 Å². The zero-order chi connectivity index (χ0) is 24.2. The number of allylic oxidation sites excluding steroid dienone is 1. The Morgan fingerprint density at radius 3 is 2.71 bits per heavy atom. The summed E-state index contributed by atoms with van der Waals surface area (Å²) in [7, 11) is 0. The van der Waals surface area contributed by atoms with Crippen molar-refractivity contribution in [1.29, 1.82) is 0 Å². The third-order valence-electron chi connectivity index (χ3n) is 5.25. The van der Waals surface area contributed by atoms with Gasteiger partial charge in [0, 0.05) is 0 Å². The van der Waals surface area contributed by atoms with Gasteiger partial charge in [0.05, 0.1) is 28.5 Å². The summed E-state index contributed by atoms with van der Waals surface area (Å²) >= 11 is 1.23. The Morgan fingerprint density at radius 1 is 1.26 bits per heavy atom. The fraction of sp³-hybridized carbons (Fsp3) is 0.192. The van der Waals surface area contributed by atoms with Gasteiger partial charge in [0.2, 0.25) is 0 Å². The lowest BCUT2D eigenvalue weighted by Crippen LogP contribution is -2.39. The molecule has 7 nitrogen and oxygen atoms in total. The first-order valence-electron chi connectivity index (χ1n) is 10.7. The van der Waals surface area contributed by atoms with Gasteiger partial charge in [0.1, 0.15) is 18.1 Å². The van der Waals surface area contributed by atoms with E-state index in [1.807, 2.05) is 12.1 Å². The zero-order valence-electron chi connectivity index (χ0n) is 18.9. The molecule has 34 heavy (non-hydrogen) atoms. The van der Waals surface area contributed by atoms with Gasteiger partial charge >= 0.3 is 5.97 Å². The summed E-state index contributed by atoms with van der Waals surface area (Å²) in [6.07, 6.45) is 3.36. The first kappa shape index (κ1) is 23.3. The van der Waals surface area contributed by atoms with Crippen molar-refractivity contribution in [2.45, 2.75) is 19.9 Å². The number of fused-ring (bicyclic) bond motifs is 1. The summed E-state index contributed by atoms with van der Waals surface area (Å²) in [4.78, 5) is 31.5. The third kappa shape index (κ3) is 4.58. The molecule has 0 unspecified atom stereocenters. The quantitative estimate of drug-likeness (QED) is 0.418. The third-order valence-corrected chi connectivity index (χ3v) is 6.23. The average molecular weight is 477 g/mol. The number of benzene rings is 2. The van der Waals surface area contributed by atoms with E-state index >= 15 is 0 Å². The van der Waals surface area contributed by atoms with Crippen molar-refractivity contribution in [2.75, 3.05) is 13.2 Å². The average Bonchev–Trinajstić information content (AvgIpc) is 3.11. The lowest BCUT2D eigenvalue weighted by Gasteiger charge is -2.24. The number of thiazole rings is 1. The van der Waals surface area contributed by atoms with Crippen LogP contribution >= 0.6 is 11.3 Å². The van der Waals surface area contributed by atoms with Crippen molar-refractivity contribution in [3.05, 3.63) is 103 Å². The minimum Gasteiger partial charge on any atom is -0.508 e. The Hall–Kier alpha value is -3.91. The second kappa shape index (κ2) is 9.93. The van der Waals surface area contributed by atoms with E-state index in [0.29, 0.717) is 38.5 Å². The number of hydrogen-bond donors (Lipinski definition) is 1. The van der Waals surface area contributed by atoms with Crippen LogP contribution in [0.2, 0.25) is 0 Å². The first-order chi connectivity index (χ1) is 16.4. The number of hydrogen-bond acceptors (Lipinski definition) is 7. The maximum atomic E-state index is 13.5. The molecule has 1 aliphatic rings. The summed E-state index contributed by atoms with van der Waals surface area (Å²) in [5.74, 6) is 0.250. The molecule has 1 atom stereocenters. The number of carbonyl (C=O) groups excluding carboxylic acids is 1. The molecule has 0 aliphatic carbocycles. The van der Waals surface area contributed by atoms with E-state index in [4.69, 9.17) is 9.47 Å². The maximum absolute atomic E-state index is 13.5. The fourth-order valence-electron chi connectivity index (χ4n) is 3.77. The number of nitrogens with zero attached hydrogens (tertiary/aromatic N) is 2. The van der Waals surface area contributed by atoms with E-state index in [2.05, 4.69) is 11.6 Å². The van der Waals surface area contributed by atoms with E-state index < -0.39 is 12.0 Å². The van der Waals surface area contributed by atoms with Crippen LogP contribution in [0.4, 0.5) is 0 Å². The molecule has 0 bridgehead atoms. The Kier molecular flexibility index (Phi) is 6.79. The Morgan fingerprint density at radius 2 is 2.03 bits per heavy atom. The Balaban J connectivity index is 1.89. The molecule has 0 fully saturated rings. The van der Waals surface area contributed by atoms with Crippen molar-refractivity contribution < 1.29 is 19.4 Å². The van der Waals surface area contributed by atoms with Crippen molar-refractivity contribution >= 4 is 23.4 Å². The minimum absolute atomic E-state index is 0.110. The molecular formula is C26H24N2O5S. The molecule has 0 saturated carbocycles. The van der Waals surface area contributed by atoms with Crippen LogP contribution in [0.1, 0.15) is 31.0 Å². The zero-order valence-corrected chi connectivity index (χ0v) is 19.7. The topological polar surface area (TPSA) is 90.1 Å². The molecule has 0 amide bonds. The number of aromatic hydroxyl groups is 1.